The minimum absolute atomic E-state index is 0. The predicted molar refractivity (Wildman–Crippen MR) is 202 cm³/mol. The average molecular weight is 783 g/mol. The number of hydrogen-bond acceptors (Lipinski definition) is 10. The Hall–Kier alpha value is -1.57. The Bertz CT molecular complexity index is 961. The van der Waals surface area contributed by atoms with Crippen molar-refractivity contribution in [2.24, 2.45) is 0 Å². The Morgan fingerprint density at radius 1 is 0.396 bits per heavy atom. The first-order valence-corrected chi connectivity index (χ1v) is 19.8. The summed E-state index contributed by atoms with van der Waals surface area (Å²) in [6.45, 7) is 17.2. The fourth-order valence-corrected chi connectivity index (χ4v) is 4.92. The molecule has 0 aliphatic rings. The summed E-state index contributed by atoms with van der Waals surface area (Å²) in [4.78, 5) is 9.36. The van der Waals surface area contributed by atoms with Gasteiger partial charge in [0.05, 0.1) is 39.6 Å². The molecule has 0 aliphatic heterocycles. The molecule has 0 radical (unpaired) electrons. The van der Waals surface area contributed by atoms with E-state index in [1.54, 1.807) is 0 Å². The van der Waals surface area contributed by atoms with Gasteiger partial charge in [0.2, 0.25) is 0 Å². The maximum absolute atomic E-state index is 11.7. The molecule has 0 aliphatic carbocycles. The van der Waals surface area contributed by atoms with E-state index < -0.39 is 11.2 Å². The molecule has 10 nitrogen and oxygen atoms in total. The van der Waals surface area contributed by atoms with E-state index >= 15 is 0 Å². The summed E-state index contributed by atoms with van der Waals surface area (Å²) in [6.07, 6.45) is 12.2. The van der Waals surface area contributed by atoms with Gasteiger partial charge >= 0.3 is 21.7 Å². The van der Waals surface area contributed by atoms with Crippen molar-refractivity contribution in [1.82, 2.24) is 0 Å². The first-order valence-electron chi connectivity index (χ1n) is 19.8. The van der Waals surface area contributed by atoms with Crippen LogP contribution in [0.4, 0.5) is 0 Å². The zero-order valence-corrected chi connectivity index (χ0v) is 35.3. The molecule has 2 rings (SSSR count). The van der Waals surface area contributed by atoms with Crippen LogP contribution in [0.1, 0.15) is 130 Å². The summed E-state index contributed by atoms with van der Waals surface area (Å²) < 4.78 is 34.2. The Kier molecular flexibility index (Phi) is 32.7. The van der Waals surface area contributed by atoms with Gasteiger partial charge in [0.1, 0.15) is 22.7 Å². The number of unbranched alkanes of at least 4 members (excludes halogenated alkanes) is 6. The van der Waals surface area contributed by atoms with Gasteiger partial charge in [-0.15, -0.1) is 0 Å². The first-order chi connectivity index (χ1) is 25.4. The third-order valence-corrected chi connectivity index (χ3v) is 8.52. The first kappa shape index (κ1) is 51.4. The van der Waals surface area contributed by atoms with Crippen molar-refractivity contribution in [2.45, 2.75) is 130 Å². The van der Waals surface area contributed by atoms with Crippen molar-refractivity contribution < 1.29 is 70.4 Å². The zero-order valence-electron chi connectivity index (χ0n) is 33.8. The van der Waals surface area contributed by atoms with Gasteiger partial charge < -0.3 is 48.7 Å². The number of benzene rings is 2. The van der Waals surface area contributed by atoms with Crippen molar-refractivity contribution in [3.8, 4) is 11.5 Å². The summed E-state index contributed by atoms with van der Waals surface area (Å²) >= 11 is 0. The summed E-state index contributed by atoms with van der Waals surface area (Å²) in [5.74, 6) is 1.58. The van der Waals surface area contributed by atoms with Crippen LogP contribution in [-0.2, 0) is 61.6 Å². The third kappa shape index (κ3) is 21.4. The minimum atomic E-state index is -1.14. The maximum atomic E-state index is 11.7. The van der Waals surface area contributed by atoms with Gasteiger partial charge in [-0.1, -0.05) is 104 Å². The van der Waals surface area contributed by atoms with Crippen LogP contribution in [-0.4, -0.2) is 66.1 Å². The topological polar surface area (TPSA) is 120 Å². The van der Waals surface area contributed by atoms with E-state index in [1.807, 2.05) is 48.5 Å². The smallest absolute Gasteiger partial charge is 0.722 e. The van der Waals surface area contributed by atoms with E-state index in [-0.39, 0.29) is 48.1 Å². The van der Waals surface area contributed by atoms with Crippen molar-refractivity contribution >= 4 is 0 Å². The summed E-state index contributed by atoms with van der Waals surface area (Å²) in [5.41, 5.74) is -0.765. The van der Waals surface area contributed by atoms with Crippen LogP contribution >= 0.6 is 0 Å². The monoisotopic (exact) mass is 782 g/mol. The Labute approximate surface area is 336 Å². The van der Waals surface area contributed by atoms with Crippen LogP contribution in [0.25, 0.3) is 0 Å². The van der Waals surface area contributed by atoms with E-state index in [9.17, 15) is 10.5 Å². The van der Waals surface area contributed by atoms with Gasteiger partial charge in [-0.05, 0) is 73.9 Å². The largest absolute Gasteiger partial charge is 2.00 e. The summed E-state index contributed by atoms with van der Waals surface area (Å²) in [6, 6.07) is 15.0. The SMILES string of the molecule is CCCCOCC(COCCCC)(O[O-])c1ccc(OCCCC)cc1.CCCCOCC(COCCCC)(O[O-])c1ccc(OCCCC)cc1.[Ti+2]. The van der Waals surface area contributed by atoms with Crippen LogP contribution in [0, 0.1) is 0 Å². The molecule has 11 heteroatoms. The predicted octanol–water partition coefficient (Wildman–Crippen LogP) is 7.97. The van der Waals surface area contributed by atoms with E-state index in [1.165, 1.54) is 0 Å². The van der Waals surface area contributed by atoms with E-state index in [0.29, 0.717) is 39.6 Å². The quantitative estimate of drug-likeness (QED) is 0.0313. The molecule has 0 fully saturated rings. The second kappa shape index (κ2) is 33.7. The molecule has 0 aromatic heterocycles. The minimum Gasteiger partial charge on any atom is -0.722 e. The van der Waals surface area contributed by atoms with Crippen LogP contribution in [0.2, 0.25) is 0 Å². The molecule has 0 atom stereocenters. The molecule has 0 spiro atoms. The van der Waals surface area contributed by atoms with E-state index in [2.05, 4.69) is 51.3 Å². The van der Waals surface area contributed by atoms with Crippen LogP contribution < -0.4 is 20.0 Å². The fraction of sp³-hybridized carbons (Fsp3) is 0.714. The van der Waals surface area contributed by atoms with Crippen LogP contribution in [0.3, 0.4) is 0 Å². The van der Waals surface area contributed by atoms with Crippen molar-refractivity contribution in [2.75, 3.05) is 66.1 Å². The molecule has 0 unspecified atom stereocenters. The van der Waals surface area contributed by atoms with Crippen LogP contribution in [0.5, 0.6) is 11.5 Å². The van der Waals surface area contributed by atoms with E-state index in [0.717, 1.165) is 99.7 Å². The normalized spacial score (nSPS) is 11.5. The fourth-order valence-electron chi connectivity index (χ4n) is 4.92. The summed E-state index contributed by atoms with van der Waals surface area (Å²) in [7, 11) is 0. The molecule has 53 heavy (non-hydrogen) atoms. The molecular weight excluding hydrogens is 712 g/mol. The van der Waals surface area contributed by atoms with Crippen molar-refractivity contribution in [3.63, 3.8) is 0 Å². The average Bonchev–Trinajstić information content (AvgIpc) is 3.18. The Morgan fingerprint density at radius 2 is 0.642 bits per heavy atom. The molecule has 302 valence electrons. The molecule has 0 saturated carbocycles. The molecular formula is C42H70O10Ti. The molecule has 0 amide bonds. The van der Waals surface area contributed by atoms with Crippen molar-refractivity contribution in [1.29, 1.82) is 0 Å². The molecule has 0 bridgehead atoms. The molecule has 2 aromatic carbocycles. The molecule has 0 heterocycles. The second-order valence-electron chi connectivity index (χ2n) is 13.2. The second-order valence-corrected chi connectivity index (χ2v) is 13.2. The van der Waals surface area contributed by atoms with Crippen molar-refractivity contribution in [3.05, 3.63) is 59.7 Å². The molecule has 0 N–H and O–H groups in total. The van der Waals surface area contributed by atoms with Crippen LogP contribution in [0.15, 0.2) is 48.5 Å². The van der Waals surface area contributed by atoms with Gasteiger partial charge in [-0.3, -0.25) is 0 Å². The van der Waals surface area contributed by atoms with Gasteiger partial charge in [-0.2, -0.15) is 0 Å². The van der Waals surface area contributed by atoms with Gasteiger partial charge in [0.15, 0.2) is 0 Å². The van der Waals surface area contributed by atoms with Gasteiger partial charge in [-0.25, -0.2) is 0 Å². The summed E-state index contributed by atoms with van der Waals surface area (Å²) in [5, 5.41) is 23.4. The third-order valence-electron chi connectivity index (χ3n) is 8.52. The standard InChI is InChI=1S/2C21H36O5.Ti/c2*1-4-7-14-23-17-21(26-22,18-24-15-8-5-2)19-10-12-20(13-11-19)25-16-9-6-3;/h2*10-13,22H,4-9,14-18H2,1-3H3;/q;;+2/p-2. The molecule has 0 saturated heterocycles. The Morgan fingerprint density at radius 3 is 0.868 bits per heavy atom. The number of hydrogen-bond donors (Lipinski definition) is 0. The van der Waals surface area contributed by atoms with E-state index in [4.69, 9.17) is 28.4 Å². The molecule has 2 aromatic rings. The zero-order chi connectivity index (χ0) is 38.2. The maximum Gasteiger partial charge on any atom is 2.00 e. The Balaban J connectivity index is 0.00000100. The number of ether oxygens (including phenoxy) is 6. The van der Waals surface area contributed by atoms with Gasteiger partial charge in [0.25, 0.3) is 0 Å². The van der Waals surface area contributed by atoms with Gasteiger partial charge in [0, 0.05) is 26.4 Å². The number of rotatable bonds is 32.